The Labute approximate surface area is 262 Å². The highest BCUT2D eigenvalue weighted by molar-refractivity contribution is 5.90. The molecule has 6 aromatic carbocycles. The average Bonchev–Trinajstić information content (AvgIpc) is 3.14. The van der Waals surface area contributed by atoms with Crippen LogP contribution in [0.5, 0.6) is 11.5 Å². The lowest BCUT2D eigenvalue weighted by Gasteiger charge is -2.16. The first-order valence-corrected chi connectivity index (χ1v) is 15.0. The fourth-order valence-corrected chi connectivity index (χ4v) is 5.75. The van der Waals surface area contributed by atoms with E-state index < -0.39 is 0 Å². The van der Waals surface area contributed by atoms with E-state index in [1.165, 1.54) is 0 Å². The third-order valence-corrected chi connectivity index (χ3v) is 7.99. The molecule has 45 heavy (non-hydrogen) atoms. The molecule has 1 aliphatic rings. The van der Waals surface area contributed by atoms with Gasteiger partial charge in [-0.05, 0) is 40.5 Å². The number of nitrogens with zero attached hydrogens (tertiary/aromatic N) is 3. The molecule has 4 nitrogen and oxygen atoms in total. The maximum absolute atomic E-state index is 6.72. The number of hydrogen-bond acceptors (Lipinski definition) is 4. The van der Waals surface area contributed by atoms with Gasteiger partial charge >= 0.3 is 0 Å². The van der Waals surface area contributed by atoms with Gasteiger partial charge in [-0.25, -0.2) is 15.0 Å². The van der Waals surface area contributed by atoms with Crippen LogP contribution in [0.15, 0.2) is 152 Å². The quantitative estimate of drug-likeness (QED) is 0.210. The molecule has 212 valence electrons. The molecule has 0 amide bonds. The van der Waals surface area contributed by atoms with E-state index in [0.29, 0.717) is 17.5 Å². The molecule has 0 atom stereocenters. The van der Waals surface area contributed by atoms with E-state index >= 15 is 0 Å². The van der Waals surface area contributed by atoms with Crippen molar-refractivity contribution in [2.45, 2.75) is 0 Å². The summed E-state index contributed by atoms with van der Waals surface area (Å²) in [5.74, 6) is 3.46. The van der Waals surface area contributed by atoms with Gasteiger partial charge in [0.25, 0.3) is 0 Å². The maximum Gasteiger partial charge on any atom is 0.164 e. The zero-order valence-corrected chi connectivity index (χ0v) is 24.3. The van der Waals surface area contributed by atoms with E-state index in [4.69, 9.17) is 19.7 Å². The number of benzene rings is 6. The van der Waals surface area contributed by atoms with Crippen molar-refractivity contribution in [2.24, 2.45) is 0 Å². The molecule has 8 rings (SSSR count). The highest BCUT2D eigenvalue weighted by atomic mass is 16.5. The topological polar surface area (TPSA) is 47.9 Å². The second-order valence-corrected chi connectivity index (χ2v) is 10.9. The first-order chi connectivity index (χ1) is 22.3. The molecule has 0 fully saturated rings. The van der Waals surface area contributed by atoms with E-state index in [1.807, 2.05) is 91.0 Å². The fourth-order valence-electron chi connectivity index (χ4n) is 5.75. The molecule has 4 heteroatoms. The summed E-state index contributed by atoms with van der Waals surface area (Å²) in [5.41, 5.74) is 9.13. The van der Waals surface area contributed by atoms with Gasteiger partial charge < -0.3 is 4.74 Å². The van der Waals surface area contributed by atoms with Crippen LogP contribution in [-0.2, 0) is 0 Å². The summed E-state index contributed by atoms with van der Waals surface area (Å²) in [6, 6.07) is 51.3. The van der Waals surface area contributed by atoms with Crippen LogP contribution in [0.4, 0.5) is 0 Å². The van der Waals surface area contributed by atoms with E-state index in [-0.39, 0.29) is 0 Å². The van der Waals surface area contributed by atoms with Gasteiger partial charge in [0.1, 0.15) is 11.5 Å². The van der Waals surface area contributed by atoms with Crippen molar-refractivity contribution in [3.8, 4) is 67.9 Å². The van der Waals surface area contributed by atoms with Crippen molar-refractivity contribution in [2.75, 3.05) is 0 Å². The minimum atomic E-state index is 0.609. The van der Waals surface area contributed by atoms with Crippen molar-refractivity contribution in [1.29, 1.82) is 0 Å². The van der Waals surface area contributed by atoms with Gasteiger partial charge in [0.15, 0.2) is 17.5 Å². The molecule has 0 unspecified atom stereocenters. The minimum Gasteiger partial charge on any atom is -0.456 e. The maximum atomic E-state index is 6.72. The molecule has 0 bridgehead atoms. The average molecular weight is 578 g/mol. The smallest absolute Gasteiger partial charge is 0.164 e. The van der Waals surface area contributed by atoms with Crippen LogP contribution in [0.2, 0.25) is 0 Å². The Morgan fingerprint density at radius 2 is 0.778 bits per heavy atom. The molecular weight excluding hydrogens is 550 g/mol. The molecular formula is C41H27N3O. The summed E-state index contributed by atoms with van der Waals surface area (Å²) in [4.78, 5) is 14.8. The Bertz CT molecular complexity index is 2130. The molecule has 1 aromatic heterocycles. The van der Waals surface area contributed by atoms with Gasteiger partial charge in [-0.15, -0.1) is 0 Å². The van der Waals surface area contributed by atoms with Gasteiger partial charge in [0.2, 0.25) is 0 Å². The lowest BCUT2D eigenvalue weighted by atomic mass is 9.94. The first-order valence-electron chi connectivity index (χ1n) is 15.0. The standard InChI is InChI=1S/C41H27N3O/c1-3-14-30(15-4-1)39-42-40(31-16-5-2-6-17-31)44-41(43-39)32-26-25-29-24-23-28-13-7-8-18-33(28)34-19-9-11-21-37(34)45-38-22-12-10-20-35(38)36(29)27-32/h1-27H/b24-23-. The van der Waals surface area contributed by atoms with Crippen molar-refractivity contribution in [3.05, 3.63) is 163 Å². The molecule has 0 saturated carbocycles. The van der Waals surface area contributed by atoms with E-state index in [2.05, 4.69) is 72.8 Å². The molecule has 0 aliphatic carbocycles. The van der Waals surface area contributed by atoms with Crippen molar-refractivity contribution < 1.29 is 4.74 Å². The third-order valence-electron chi connectivity index (χ3n) is 7.99. The Kier molecular flexibility index (Phi) is 6.78. The Hall–Kier alpha value is -6.13. The van der Waals surface area contributed by atoms with Crippen molar-refractivity contribution in [3.63, 3.8) is 0 Å². The summed E-state index contributed by atoms with van der Waals surface area (Å²) in [6.45, 7) is 0. The normalized spacial score (nSPS) is 12.4. The predicted molar refractivity (Wildman–Crippen MR) is 182 cm³/mol. The van der Waals surface area contributed by atoms with Crippen molar-refractivity contribution >= 4 is 12.2 Å². The largest absolute Gasteiger partial charge is 0.456 e. The summed E-state index contributed by atoms with van der Waals surface area (Å²) in [7, 11) is 0. The summed E-state index contributed by atoms with van der Waals surface area (Å²) in [5, 5.41) is 0. The molecule has 0 radical (unpaired) electrons. The Morgan fingerprint density at radius 3 is 1.38 bits per heavy atom. The van der Waals surface area contributed by atoms with Crippen LogP contribution < -0.4 is 4.74 Å². The van der Waals surface area contributed by atoms with E-state index in [0.717, 1.165) is 61.6 Å². The summed E-state index contributed by atoms with van der Waals surface area (Å²) in [6.07, 6.45) is 4.36. The monoisotopic (exact) mass is 577 g/mol. The van der Waals surface area contributed by atoms with Gasteiger partial charge in [-0.1, -0.05) is 146 Å². The number of aromatic nitrogens is 3. The fraction of sp³-hybridized carbons (Fsp3) is 0. The lowest BCUT2D eigenvalue weighted by molar-refractivity contribution is 0.486. The number of rotatable bonds is 3. The number of hydrogen-bond donors (Lipinski definition) is 0. The van der Waals surface area contributed by atoms with Crippen LogP contribution in [-0.4, -0.2) is 15.0 Å². The molecule has 1 aliphatic heterocycles. The molecule has 7 aromatic rings. The Morgan fingerprint density at radius 1 is 0.333 bits per heavy atom. The summed E-state index contributed by atoms with van der Waals surface area (Å²) >= 11 is 0. The van der Waals surface area contributed by atoms with Crippen LogP contribution in [0, 0.1) is 0 Å². The van der Waals surface area contributed by atoms with Crippen LogP contribution in [0.25, 0.3) is 68.6 Å². The van der Waals surface area contributed by atoms with Gasteiger partial charge in [-0.2, -0.15) is 0 Å². The zero-order chi connectivity index (χ0) is 30.0. The van der Waals surface area contributed by atoms with Crippen LogP contribution in [0.1, 0.15) is 11.1 Å². The van der Waals surface area contributed by atoms with Gasteiger partial charge in [0, 0.05) is 27.8 Å². The molecule has 2 heterocycles. The summed E-state index contributed by atoms with van der Waals surface area (Å²) < 4.78 is 6.72. The SMILES string of the molecule is C1=C\c2ccc(-c3nc(-c4ccccc4)nc(-c4ccccc4)n3)cc2-c2ccccc2Oc2ccccc2-c2ccccc2/1. The third kappa shape index (κ3) is 5.19. The Balaban J connectivity index is 1.34. The lowest BCUT2D eigenvalue weighted by Crippen LogP contribution is -2.00. The highest BCUT2D eigenvalue weighted by Gasteiger charge is 2.18. The first kappa shape index (κ1) is 26.5. The number of fused-ring (bicyclic) bond motifs is 6. The second-order valence-electron chi connectivity index (χ2n) is 10.9. The molecule has 0 N–H and O–H groups in total. The van der Waals surface area contributed by atoms with Crippen molar-refractivity contribution in [1.82, 2.24) is 15.0 Å². The molecule has 0 saturated heterocycles. The number of para-hydroxylation sites is 2. The van der Waals surface area contributed by atoms with E-state index in [9.17, 15) is 0 Å². The molecule has 0 spiro atoms. The van der Waals surface area contributed by atoms with E-state index in [1.54, 1.807) is 0 Å². The number of ether oxygens (including phenoxy) is 1. The highest BCUT2D eigenvalue weighted by Crippen LogP contribution is 2.42. The van der Waals surface area contributed by atoms with Crippen LogP contribution in [0.3, 0.4) is 0 Å². The van der Waals surface area contributed by atoms with Gasteiger partial charge in [0.05, 0.1) is 0 Å². The van der Waals surface area contributed by atoms with Gasteiger partial charge in [-0.3, -0.25) is 0 Å². The minimum absolute atomic E-state index is 0.609. The predicted octanol–water partition coefficient (Wildman–Crippen LogP) is 10.5. The van der Waals surface area contributed by atoms with Crippen LogP contribution >= 0.6 is 0 Å². The zero-order valence-electron chi connectivity index (χ0n) is 24.3. The second kappa shape index (κ2) is 11.5.